The Kier molecular flexibility index (Phi) is 3.02. The highest BCUT2D eigenvalue weighted by atomic mass is 35.5. The van der Waals surface area contributed by atoms with Gasteiger partial charge in [-0.15, -0.1) is 0 Å². The molecule has 3 heteroatoms. The summed E-state index contributed by atoms with van der Waals surface area (Å²) in [6.07, 6.45) is 3.28. The van der Waals surface area contributed by atoms with Crippen LogP contribution in [0.4, 0.5) is 0 Å². The van der Waals surface area contributed by atoms with Gasteiger partial charge in [-0.25, -0.2) is 0 Å². The third kappa shape index (κ3) is 1.97. The monoisotopic (exact) mass is 231 g/mol. The molecule has 1 heterocycles. The Hall–Kier alpha value is -1.67. The first-order chi connectivity index (χ1) is 7.70. The number of pyridine rings is 1. The zero-order chi connectivity index (χ0) is 11.5. The summed E-state index contributed by atoms with van der Waals surface area (Å²) in [4.78, 5) is 16.1. The van der Waals surface area contributed by atoms with Crippen LogP contribution in [0.25, 0.3) is 0 Å². The Morgan fingerprint density at radius 1 is 1.19 bits per heavy atom. The second-order valence-corrected chi connectivity index (χ2v) is 3.91. The zero-order valence-electron chi connectivity index (χ0n) is 8.77. The van der Waals surface area contributed by atoms with Crippen LogP contribution in [0.1, 0.15) is 21.5 Å². The molecule has 0 unspecified atom stereocenters. The van der Waals surface area contributed by atoms with Gasteiger partial charge in [0.2, 0.25) is 0 Å². The minimum Gasteiger partial charge on any atom is -0.289 e. The number of nitrogens with zero attached hydrogens (tertiary/aromatic N) is 1. The molecule has 1 aromatic heterocycles. The molecule has 1 aromatic carbocycles. The van der Waals surface area contributed by atoms with Crippen molar-refractivity contribution in [1.82, 2.24) is 4.98 Å². The minimum atomic E-state index is -0.0644. The zero-order valence-corrected chi connectivity index (χ0v) is 9.53. The molecule has 0 saturated carbocycles. The van der Waals surface area contributed by atoms with E-state index in [1.54, 1.807) is 42.7 Å². The Balaban J connectivity index is 2.48. The SMILES string of the molecule is Cc1cnccc1C(=O)c1ccccc1Cl. The second-order valence-electron chi connectivity index (χ2n) is 3.50. The van der Waals surface area contributed by atoms with Crippen LogP contribution in [0.3, 0.4) is 0 Å². The van der Waals surface area contributed by atoms with Crippen LogP contribution in [-0.2, 0) is 0 Å². The fourth-order valence-electron chi connectivity index (χ4n) is 1.52. The molecule has 0 radical (unpaired) electrons. The molecule has 16 heavy (non-hydrogen) atoms. The average Bonchev–Trinajstić information content (AvgIpc) is 2.29. The van der Waals surface area contributed by atoms with Gasteiger partial charge < -0.3 is 0 Å². The third-order valence-corrected chi connectivity index (χ3v) is 2.71. The predicted octanol–water partition coefficient (Wildman–Crippen LogP) is 3.27. The number of halogens is 1. The molecule has 0 bridgehead atoms. The number of benzene rings is 1. The summed E-state index contributed by atoms with van der Waals surface area (Å²) in [5.41, 5.74) is 2.02. The Labute approximate surface area is 98.9 Å². The molecule has 80 valence electrons. The highest BCUT2D eigenvalue weighted by Gasteiger charge is 2.13. The number of hydrogen-bond acceptors (Lipinski definition) is 2. The molecule has 0 amide bonds. The van der Waals surface area contributed by atoms with Crippen molar-refractivity contribution in [2.75, 3.05) is 0 Å². The van der Waals surface area contributed by atoms with E-state index in [-0.39, 0.29) is 5.78 Å². The summed E-state index contributed by atoms with van der Waals surface area (Å²) < 4.78 is 0. The number of ketones is 1. The van der Waals surface area contributed by atoms with E-state index in [9.17, 15) is 4.79 Å². The maximum Gasteiger partial charge on any atom is 0.194 e. The Bertz CT molecular complexity index is 489. The molecule has 0 aliphatic heterocycles. The van der Waals surface area contributed by atoms with Crippen LogP contribution in [0.5, 0.6) is 0 Å². The lowest BCUT2D eigenvalue weighted by Gasteiger charge is -2.05. The fourth-order valence-corrected chi connectivity index (χ4v) is 1.74. The Morgan fingerprint density at radius 3 is 2.62 bits per heavy atom. The molecule has 2 rings (SSSR count). The quantitative estimate of drug-likeness (QED) is 0.743. The summed E-state index contributed by atoms with van der Waals surface area (Å²) in [5, 5.41) is 0.476. The normalized spacial score (nSPS) is 10.1. The number of aromatic nitrogens is 1. The van der Waals surface area contributed by atoms with Crippen LogP contribution in [0, 0.1) is 6.92 Å². The molecular weight excluding hydrogens is 222 g/mol. The molecule has 0 spiro atoms. The van der Waals surface area contributed by atoms with E-state index in [0.29, 0.717) is 16.1 Å². The standard InChI is InChI=1S/C13H10ClNO/c1-9-8-15-7-6-10(9)13(16)11-4-2-3-5-12(11)14/h2-8H,1H3. The van der Waals surface area contributed by atoms with Crippen molar-refractivity contribution in [2.45, 2.75) is 6.92 Å². The summed E-state index contributed by atoms with van der Waals surface area (Å²) in [6.45, 7) is 1.86. The molecule has 0 N–H and O–H groups in total. The van der Waals surface area contributed by atoms with Crippen molar-refractivity contribution in [3.63, 3.8) is 0 Å². The number of rotatable bonds is 2. The second kappa shape index (κ2) is 4.45. The van der Waals surface area contributed by atoms with Crippen molar-refractivity contribution in [2.24, 2.45) is 0 Å². The van der Waals surface area contributed by atoms with Crippen LogP contribution >= 0.6 is 11.6 Å². The van der Waals surface area contributed by atoms with Crippen molar-refractivity contribution < 1.29 is 4.79 Å². The number of aryl methyl sites for hydroxylation is 1. The lowest BCUT2D eigenvalue weighted by molar-refractivity contribution is 0.103. The van der Waals surface area contributed by atoms with Crippen LogP contribution in [-0.4, -0.2) is 10.8 Å². The van der Waals surface area contributed by atoms with Gasteiger partial charge in [-0.05, 0) is 30.7 Å². The number of hydrogen-bond donors (Lipinski definition) is 0. The van der Waals surface area contributed by atoms with E-state index < -0.39 is 0 Å². The first-order valence-corrected chi connectivity index (χ1v) is 5.28. The lowest BCUT2D eigenvalue weighted by Crippen LogP contribution is -2.04. The van der Waals surface area contributed by atoms with Gasteiger partial charge in [-0.2, -0.15) is 0 Å². The van der Waals surface area contributed by atoms with E-state index >= 15 is 0 Å². The molecule has 0 saturated heterocycles. The molecule has 0 aliphatic rings. The fraction of sp³-hybridized carbons (Fsp3) is 0.0769. The van der Waals surface area contributed by atoms with Crippen LogP contribution in [0.2, 0.25) is 5.02 Å². The summed E-state index contributed by atoms with van der Waals surface area (Å²) >= 11 is 5.98. The molecule has 2 nitrogen and oxygen atoms in total. The first kappa shape index (κ1) is 10.8. The van der Waals surface area contributed by atoms with Crippen molar-refractivity contribution in [3.8, 4) is 0 Å². The van der Waals surface area contributed by atoms with Gasteiger partial charge in [0.05, 0.1) is 5.02 Å². The topological polar surface area (TPSA) is 30.0 Å². The van der Waals surface area contributed by atoms with E-state index in [2.05, 4.69) is 4.98 Å². The molecule has 2 aromatic rings. The average molecular weight is 232 g/mol. The highest BCUT2D eigenvalue weighted by Crippen LogP contribution is 2.20. The van der Waals surface area contributed by atoms with Crippen LogP contribution < -0.4 is 0 Å². The summed E-state index contributed by atoms with van der Waals surface area (Å²) in [6, 6.07) is 8.75. The highest BCUT2D eigenvalue weighted by molar-refractivity contribution is 6.35. The number of carbonyl (C=O) groups is 1. The van der Waals surface area contributed by atoms with Gasteiger partial charge in [-0.3, -0.25) is 9.78 Å². The largest absolute Gasteiger partial charge is 0.289 e. The lowest BCUT2D eigenvalue weighted by atomic mass is 10.0. The smallest absolute Gasteiger partial charge is 0.194 e. The molecule has 0 atom stereocenters. The predicted molar refractivity (Wildman–Crippen MR) is 63.9 cm³/mol. The van der Waals surface area contributed by atoms with Crippen molar-refractivity contribution >= 4 is 17.4 Å². The van der Waals surface area contributed by atoms with E-state index in [1.165, 1.54) is 0 Å². The molecular formula is C13H10ClNO. The summed E-state index contributed by atoms with van der Waals surface area (Å²) in [5.74, 6) is -0.0644. The van der Waals surface area contributed by atoms with Gasteiger partial charge in [0, 0.05) is 23.5 Å². The van der Waals surface area contributed by atoms with Gasteiger partial charge in [0.25, 0.3) is 0 Å². The van der Waals surface area contributed by atoms with E-state index in [0.717, 1.165) is 5.56 Å². The van der Waals surface area contributed by atoms with Crippen molar-refractivity contribution in [1.29, 1.82) is 0 Å². The maximum atomic E-state index is 12.2. The number of carbonyl (C=O) groups excluding carboxylic acids is 1. The van der Waals surface area contributed by atoms with Crippen LogP contribution in [0.15, 0.2) is 42.7 Å². The minimum absolute atomic E-state index is 0.0644. The molecule has 0 aliphatic carbocycles. The van der Waals surface area contributed by atoms with Gasteiger partial charge in [-0.1, -0.05) is 23.7 Å². The summed E-state index contributed by atoms with van der Waals surface area (Å²) in [7, 11) is 0. The molecule has 0 fully saturated rings. The third-order valence-electron chi connectivity index (χ3n) is 2.38. The van der Waals surface area contributed by atoms with E-state index in [1.807, 2.05) is 6.92 Å². The van der Waals surface area contributed by atoms with E-state index in [4.69, 9.17) is 11.6 Å². The Morgan fingerprint density at radius 2 is 1.94 bits per heavy atom. The van der Waals surface area contributed by atoms with Gasteiger partial charge in [0.1, 0.15) is 0 Å². The van der Waals surface area contributed by atoms with Gasteiger partial charge in [0.15, 0.2) is 5.78 Å². The maximum absolute atomic E-state index is 12.2. The first-order valence-electron chi connectivity index (χ1n) is 4.90. The van der Waals surface area contributed by atoms with Gasteiger partial charge >= 0.3 is 0 Å². The van der Waals surface area contributed by atoms with Crippen molar-refractivity contribution in [3.05, 3.63) is 64.4 Å².